The van der Waals surface area contributed by atoms with Crippen molar-refractivity contribution in [2.24, 2.45) is 0 Å². The summed E-state index contributed by atoms with van der Waals surface area (Å²) in [7, 11) is 0. The molecule has 14 heavy (non-hydrogen) atoms. The largest absolute Gasteiger partial charge is 0.388 e. The van der Waals surface area contributed by atoms with E-state index >= 15 is 0 Å². The fourth-order valence-corrected chi connectivity index (χ4v) is 2.06. The molecule has 2 rings (SSSR count). The van der Waals surface area contributed by atoms with E-state index in [4.69, 9.17) is 5.11 Å². The Hall–Kier alpha value is -0.940. The highest BCUT2D eigenvalue weighted by Gasteiger charge is 2.19. The zero-order chi connectivity index (χ0) is 9.97. The fourth-order valence-electron chi connectivity index (χ4n) is 2.06. The van der Waals surface area contributed by atoms with E-state index in [9.17, 15) is 0 Å². The first-order valence-corrected chi connectivity index (χ1v) is 5.05. The Balaban J connectivity index is 2.23. The fraction of sp³-hybridized carbons (Fsp3) is 0.778. The monoisotopic (exact) mass is 196 g/mol. The number of aromatic nitrogens is 3. The maximum Gasteiger partial charge on any atom is 0.159 e. The second kappa shape index (κ2) is 4.06. The normalized spacial score (nSPS) is 18.7. The van der Waals surface area contributed by atoms with Crippen molar-refractivity contribution >= 4 is 0 Å². The van der Waals surface area contributed by atoms with E-state index in [1.807, 2.05) is 6.92 Å². The molecule has 0 aliphatic carbocycles. The third-order valence-electron chi connectivity index (χ3n) is 2.75. The summed E-state index contributed by atoms with van der Waals surface area (Å²) in [6.07, 6.45) is 2.18. The smallest absolute Gasteiger partial charge is 0.159 e. The molecular weight excluding hydrogens is 180 g/mol. The highest BCUT2D eigenvalue weighted by Crippen LogP contribution is 2.21. The number of aryl methyl sites for hydroxylation is 1. The van der Waals surface area contributed by atoms with Crippen LogP contribution in [0.1, 0.15) is 30.5 Å². The van der Waals surface area contributed by atoms with Gasteiger partial charge < -0.3 is 15.0 Å². The lowest BCUT2D eigenvalue weighted by molar-refractivity contribution is 0.252. The summed E-state index contributed by atoms with van der Waals surface area (Å²) in [5.74, 6) is 1.59. The summed E-state index contributed by atoms with van der Waals surface area (Å²) in [6.45, 7) is 3.99. The van der Waals surface area contributed by atoms with Crippen LogP contribution >= 0.6 is 0 Å². The van der Waals surface area contributed by atoms with Gasteiger partial charge in [0.25, 0.3) is 0 Å². The van der Waals surface area contributed by atoms with Gasteiger partial charge in [0.15, 0.2) is 5.82 Å². The summed E-state index contributed by atoms with van der Waals surface area (Å²) < 4.78 is 2.07. The maximum atomic E-state index is 9.12. The summed E-state index contributed by atoms with van der Waals surface area (Å²) in [4.78, 5) is 0. The van der Waals surface area contributed by atoms with Crippen LogP contribution < -0.4 is 5.32 Å². The first kappa shape index (κ1) is 9.61. The molecule has 78 valence electrons. The van der Waals surface area contributed by atoms with Crippen LogP contribution in [0.25, 0.3) is 0 Å². The van der Waals surface area contributed by atoms with E-state index in [1.54, 1.807) is 0 Å². The summed E-state index contributed by atoms with van der Waals surface area (Å²) >= 11 is 0. The number of piperidine rings is 1. The van der Waals surface area contributed by atoms with Gasteiger partial charge in [-0.15, -0.1) is 10.2 Å². The van der Waals surface area contributed by atoms with E-state index < -0.39 is 0 Å². The molecule has 1 aliphatic rings. The van der Waals surface area contributed by atoms with Gasteiger partial charge in [-0.1, -0.05) is 0 Å². The Kier molecular flexibility index (Phi) is 2.79. The second-order valence-corrected chi connectivity index (χ2v) is 3.67. The van der Waals surface area contributed by atoms with Crippen LogP contribution in [0.2, 0.25) is 0 Å². The lowest BCUT2D eigenvalue weighted by Gasteiger charge is -2.25. The molecule has 1 aromatic rings. The minimum atomic E-state index is -0.0230. The number of rotatable bonds is 2. The molecule has 1 saturated heterocycles. The number of nitrogens with one attached hydrogen (secondary N) is 1. The Morgan fingerprint density at radius 2 is 2.14 bits per heavy atom. The van der Waals surface area contributed by atoms with Gasteiger partial charge in [0.1, 0.15) is 12.4 Å². The van der Waals surface area contributed by atoms with Gasteiger partial charge in [-0.05, 0) is 32.9 Å². The number of hydrogen-bond donors (Lipinski definition) is 2. The third kappa shape index (κ3) is 1.65. The number of aliphatic hydroxyl groups is 1. The molecule has 0 amide bonds. The quantitative estimate of drug-likeness (QED) is 0.699. The molecule has 0 aromatic carbocycles. The van der Waals surface area contributed by atoms with Crippen molar-refractivity contribution in [3.8, 4) is 0 Å². The van der Waals surface area contributed by atoms with Crippen LogP contribution in [0.4, 0.5) is 0 Å². The predicted octanol–water partition coefficient (Wildman–Crippen LogP) is 0.00332. The van der Waals surface area contributed by atoms with E-state index in [-0.39, 0.29) is 6.61 Å². The molecule has 0 bridgehead atoms. The summed E-state index contributed by atoms with van der Waals surface area (Å²) in [5.41, 5.74) is 0. The van der Waals surface area contributed by atoms with E-state index in [1.165, 1.54) is 0 Å². The zero-order valence-electron chi connectivity index (χ0n) is 8.40. The number of nitrogens with zero attached hydrogens (tertiary/aromatic N) is 3. The Bertz CT molecular complexity index is 304. The molecule has 0 radical (unpaired) electrons. The highest BCUT2D eigenvalue weighted by molar-refractivity contribution is 4.97. The number of aliphatic hydroxyl groups excluding tert-OH is 1. The topological polar surface area (TPSA) is 63.0 Å². The van der Waals surface area contributed by atoms with Gasteiger partial charge in [-0.3, -0.25) is 0 Å². The summed E-state index contributed by atoms with van der Waals surface area (Å²) in [6, 6.07) is 0.452. The maximum absolute atomic E-state index is 9.12. The van der Waals surface area contributed by atoms with Crippen molar-refractivity contribution < 1.29 is 5.11 Å². The van der Waals surface area contributed by atoms with Crippen LogP contribution in [0.3, 0.4) is 0 Å². The van der Waals surface area contributed by atoms with Gasteiger partial charge in [0.2, 0.25) is 0 Å². The van der Waals surface area contributed by atoms with Crippen LogP contribution in [-0.2, 0) is 6.61 Å². The molecule has 1 aromatic heterocycles. The molecule has 1 fully saturated rings. The average Bonchev–Trinajstić information content (AvgIpc) is 2.61. The van der Waals surface area contributed by atoms with Crippen molar-refractivity contribution in [2.45, 2.75) is 32.4 Å². The van der Waals surface area contributed by atoms with Crippen molar-refractivity contribution in [3.63, 3.8) is 0 Å². The molecule has 1 aliphatic heterocycles. The molecule has 5 nitrogen and oxygen atoms in total. The van der Waals surface area contributed by atoms with Gasteiger partial charge in [-0.2, -0.15) is 0 Å². The van der Waals surface area contributed by atoms with Crippen LogP contribution in [0, 0.1) is 6.92 Å². The molecule has 5 heteroatoms. The van der Waals surface area contributed by atoms with Crippen LogP contribution in [0.15, 0.2) is 0 Å². The summed E-state index contributed by atoms with van der Waals surface area (Å²) in [5, 5.41) is 20.4. The SMILES string of the molecule is Cc1nnc(CO)n1C1CCNCC1. The second-order valence-electron chi connectivity index (χ2n) is 3.67. The van der Waals surface area contributed by atoms with Gasteiger partial charge in [0, 0.05) is 6.04 Å². The Morgan fingerprint density at radius 1 is 1.43 bits per heavy atom. The highest BCUT2D eigenvalue weighted by atomic mass is 16.3. The molecule has 0 saturated carbocycles. The third-order valence-corrected chi connectivity index (χ3v) is 2.75. The predicted molar refractivity (Wildman–Crippen MR) is 51.8 cm³/mol. The van der Waals surface area contributed by atoms with E-state index in [2.05, 4.69) is 20.1 Å². The average molecular weight is 196 g/mol. The molecular formula is C9H16N4O. The lowest BCUT2D eigenvalue weighted by atomic mass is 10.1. The van der Waals surface area contributed by atoms with Crippen molar-refractivity contribution in [2.75, 3.05) is 13.1 Å². The van der Waals surface area contributed by atoms with Gasteiger partial charge in [0.05, 0.1) is 0 Å². The number of hydrogen-bond acceptors (Lipinski definition) is 4. The first-order valence-electron chi connectivity index (χ1n) is 5.05. The minimum absolute atomic E-state index is 0.0230. The minimum Gasteiger partial charge on any atom is -0.388 e. The van der Waals surface area contributed by atoms with Gasteiger partial charge in [-0.25, -0.2) is 0 Å². The standard InChI is InChI=1S/C9H16N4O/c1-7-11-12-9(6-14)13(7)8-2-4-10-5-3-8/h8,10,14H,2-6H2,1H3. The van der Waals surface area contributed by atoms with Crippen molar-refractivity contribution in [3.05, 3.63) is 11.6 Å². The van der Waals surface area contributed by atoms with Crippen molar-refractivity contribution in [1.29, 1.82) is 0 Å². The molecule has 2 heterocycles. The zero-order valence-corrected chi connectivity index (χ0v) is 8.40. The molecule has 0 atom stereocenters. The van der Waals surface area contributed by atoms with Crippen LogP contribution in [-0.4, -0.2) is 33.0 Å². The molecule has 0 unspecified atom stereocenters. The lowest BCUT2D eigenvalue weighted by Crippen LogP contribution is -2.30. The van der Waals surface area contributed by atoms with E-state index in [0.29, 0.717) is 11.9 Å². The first-order chi connectivity index (χ1) is 6.83. The molecule has 2 N–H and O–H groups in total. The van der Waals surface area contributed by atoms with Crippen molar-refractivity contribution in [1.82, 2.24) is 20.1 Å². The molecule has 0 spiro atoms. The Morgan fingerprint density at radius 3 is 2.79 bits per heavy atom. The van der Waals surface area contributed by atoms with Gasteiger partial charge >= 0.3 is 0 Å². The Labute approximate surface area is 83.2 Å². The van der Waals surface area contributed by atoms with Crippen LogP contribution in [0.5, 0.6) is 0 Å². The van der Waals surface area contributed by atoms with E-state index in [0.717, 1.165) is 31.8 Å².